The second kappa shape index (κ2) is 7.50. The van der Waals surface area contributed by atoms with Crippen LogP contribution in [0.3, 0.4) is 0 Å². The summed E-state index contributed by atoms with van der Waals surface area (Å²) in [7, 11) is 0. The van der Waals surface area contributed by atoms with Crippen LogP contribution in [0, 0.1) is 0 Å². The van der Waals surface area contributed by atoms with E-state index in [-0.39, 0.29) is 18.2 Å². The van der Waals surface area contributed by atoms with E-state index in [1.165, 1.54) is 12.1 Å². The molecule has 0 aliphatic carbocycles. The fourth-order valence-electron chi connectivity index (χ4n) is 3.02. The number of alkyl halides is 3. The van der Waals surface area contributed by atoms with Gasteiger partial charge in [0.25, 0.3) is 5.91 Å². The van der Waals surface area contributed by atoms with Crippen molar-refractivity contribution >= 4 is 5.91 Å². The predicted molar refractivity (Wildman–Crippen MR) is 94.0 cm³/mol. The maximum absolute atomic E-state index is 12.8. The quantitative estimate of drug-likeness (QED) is 0.840. The van der Waals surface area contributed by atoms with Crippen molar-refractivity contribution in [2.24, 2.45) is 0 Å². The number of hydrogen-bond donors (Lipinski definition) is 1. The SMILES string of the molecule is CCOc1cc2c(cc1CNC(=O)c1cccc(C(F)(F)F)c1)O[C@H](C)C2. The van der Waals surface area contributed by atoms with Gasteiger partial charge in [-0.15, -0.1) is 0 Å². The lowest BCUT2D eigenvalue weighted by Gasteiger charge is -2.14. The van der Waals surface area contributed by atoms with Crippen molar-refractivity contribution < 1.29 is 27.4 Å². The van der Waals surface area contributed by atoms with E-state index in [1.54, 1.807) is 0 Å². The van der Waals surface area contributed by atoms with Gasteiger partial charge < -0.3 is 14.8 Å². The summed E-state index contributed by atoms with van der Waals surface area (Å²) in [5, 5.41) is 2.65. The van der Waals surface area contributed by atoms with Gasteiger partial charge in [-0.3, -0.25) is 4.79 Å². The molecule has 1 N–H and O–H groups in total. The molecule has 1 aliphatic heterocycles. The summed E-state index contributed by atoms with van der Waals surface area (Å²) in [5.41, 5.74) is 0.850. The average Bonchev–Trinajstić information content (AvgIpc) is 2.98. The highest BCUT2D eigenvalue weighted by Gasteiger charge is 2.31. The fourth-order valence-corrected chi connectivity index (χ4v) is 3.02. The number of fused-ring (bicyclic) bond motifs is 1. The van der Waals surface area contributed by atoms with Gasteiger partial charge in [0.05, 0.1) is 12.2 Å². The molecule has 7 heteroatoms. The Balaban J connectivity index is 1.77. The Bertz CT molecular complexity index is 849. The molecular formula is C20H20F3NO3. The Morgan fingerprint density at radius 1 is 1.30 bits per heavy atom. The molecule has 3 rings (SSSR count). The van der Waals surface area contributed by atoms with E-state index >= 15 is 0 Å². The molecule has 1 atom stereocenters. The number of benzene rings is 2. The van der Waals surface area contributed by atoms with E-state index in [9.17, 15) is 18.0 Å². The molecular weight excluding hydrogens is 359 g/mol. The molecule has 1 heterocycles. The lowest BCUT2D eigenvalue weighted by atomic mass is 10.1. The topological polar surface area (TPSA) is 47.6 Å². The Kier molecular flexibility index (Phi) is 5.30. The first kappa shape index (κ1) is 19.1. The molecule has 0 radical (unpaired) electrons. The molecule has 4 nitrogen and oxygen atoms in total. The highest BCUT2D eigenvalue weighted by molar-refractivity contribution is 5.94. The van der Waals surface area contributed by atoms with E-state index < -0.39 is 17.6 Å². The zero-order valence-corrected chi connectivity index (χ0v) is 15.0. The third kappa shape index (κ3) is 4.35. The highest BCUT2D eigenvalue weighted by Crippen LogP contribution is 2.35. The second-order valence-corrected chi connectivity index (χ2v) is 6.39. The molecule has 0 saturated carbocycles. The Hall–Kier alpha value is -2.70. The first-order chi connectivity index (χ1) is 12.8. The smallest absolute Gasteiger partial charge is 0.416 e. The Labute approximate surface area is 155 Å². The largest absolute Gasteiger partial charge is 0.494 e. The average molecular weight is 379 g/mol. The van der Waals surface area contributed by atoms with E-state index in [4.69, 9.17) is 9.47 Å². The zero-order chi connectivity index (χ0) is 19.6. The highest BCUT2D eigenvalue weighted by atomic mass is 19.4. The number of rotatable bonds is 5. The van der Waals surface area contributed by atoms with Crippen LogP contribution in [0.4, 0.5) is 13.2 Å². The summed E-state index contributed by atoms with van der Waals surface area (Å²) in [6, 6.07) is 8.05. The third-order valence-electron chi connectivity index (χ3n) is 4.27. The van der Waals surface area contributed by atoms with Crippen molar-refractivity contribution in [3.05, 3.63) is 58.7 Å². The van der Waals surface area contributed by atoms with Crippen LogP contribution >= 0.6 is 0 Å². The maximum Gasteiger partial charge on any atom is 0.416 e. The van der Waals surface area contributed by atoms with Crippen LogP contribution in [0.1, 0.15) is 40.9 Å². The van der Waals surface area contributed by atoms with Gasteiger partial charge in [0.2, 0.25) is 0 Å². The van der Waals surface area contributed by atoms with Crippen LogP contribution < -0.4 is 14.8 Å². The third-order valence-corrected chi connectivity index (χ3v) is 4.27. The van der Waals surface area contributed by atoms with Gasteiger partial charge in [-0.25, -0.2) is 0 Å². The minimum Gasteiger partial charge on any atom is -0.494 e. The van der Waals surface area contributed by atoms with Crippen molar-refractivity contribution in [3.63, 3.8) is 0 Å². The van der Waals surface area contributed by atoms with Crippen molar-refractivity contribution in [1.29, 1.82) is 0 Å². The van der Waals surface area contributed by atoms with Crippen LogP contribution in [0.5, 0.6) is 11.5 Å². The summed E-state index contributed by atoms with van der Waals surface area (Å²) in [4.78, 5) is 12.3. The first-order valence-electron chi connectivity index (χ1n) is 8.68. The molecule has 0 spiro atoms. The number of amides is 1. The van der Waals surface area contributed by atoms with Crippen LogP contribution in [-0.4, -0.2) is 18.6 Å². The number of carbonyl (C=O) groups excluding carboxylic acids is 1. The molecule has 1 aliphatic rings. The number of hydrogen-bond acceptors (Lipinski definition) is 3. The summed E-state index contributed by atoms with van der Waals surface area (Å²) in [6.07, 6.45) is -3.64. The maximum atomic E-state index is 12.8. The zero-order valence-electron chi connectivity index (χ0n) is 15.0. The predicted octanol–water partition coefficient (Wildman–Crippen LogP) is 4.36. The van der Waals surface area contributed by atoms with Crippen LogP contribution in [0.2, 0.25) is 0 Å². The molecule has 144 valence electrons. The molecule has 27 heavy (non-hydrogen) atoms. The van der Waals surface area contributed by atoms with E-state index in [0.717, 1.165) is 29.9 Å². The van der Waals surface area contributed by atoms with Crippen LogP contribution in [0.25, 0.3) is 0 Å². The van der Waals surface area contributed by atoms with Gasteiger partial charge in [-0.05, 0) is 44.2 Å². The Morgan fingerprint density at radius 3 is 2.78 bits per heavy atom. The second-order valence-electron chi connectivity index (χ2n) is 6.39. The monoisotopic (exact) mass is 379 g/mol. The number of ether oxygens (including phenoxy) is 2. The number of carbonyl (C=O) groups is 1. The summed E-state index contributed by atoms with van der Waals surface area (Å²) in [5.74, 6) is 0.797. The van der Waals surface area contributed by atoms with E-state index in [2.05, 4.69) is 5.32 Å². The standard InChI is InChI=1S/C20H20F3NO3/c1-3-26-17-9-14-7-12(2)27-18(14)10-15(17)11-24-19(25)13-5-4-6-16(8-13)20(21,22)23/h4-6,8-10,12H,3,7,11H2,1-2H3,(H,24,25)/t12-/m1/s1. The van der Waals surface area contributed by atoms with Crippen LogP contribution in [-0.2, 0) is 19.1 Å². The van der Waals surface area contributed by atoms with Crippen molar-refractivity contribution in [2.45, 2.75) is 39.1 Å². The molecule has 2 aromatic carbocycles. The summed E-state index contributed by atoms with van der Waals surface area (Å²) >= 11 is 0. The lowest BCUT2D eigenvalue weighted by molar-refractivity contribution is -0.137. The molecule has 0 bridgehead atoms. The number of halogens is 3. The van der Waals surface area contributed by atoms with E-state index in [0.29, 0.717) is 17.9 Å². The Morgan fingerprint density at radius 2 is 2.07 bits per heavy atom. The normalized spacial score (nSPS) is 15.8. The molecule has 1 amide bonds. The molecule has 0 fully saturated rings. The van der Waals surface area contributed by atoms with Gasteiger partial charge in [0.15, 0.2) is 0 Å². The molecule has 0 saturated heterocycles. The first-order valence-corrected chi connectivity index (χ1v) is 8.68. The molecule has 0 aromatic heterocycles. The minimum atomic E-state index is -4.49. The summed E-state index contributed by atoms with van der Waals surface area (Å²) in [6.45, 7) is 4.41. The number of nitrogens with one attached hydrogen (secondary N) is 1. The van der Waals surface area contributed by atoms with Gasteiger partial charge in [-0.2, -0.15) is 13.2 Å². The van der Waals surface area contributed by atoms with Crippen molar-refractivity contribution in [1.82, 2.24) is 5.32 Å². The molecule has 0 unspecified atom stereocenters. The fraction of sp³-hybridized carbons (Fsp3) is 0.350. The van der Waals surface area contributed by atoms with Gasteiger partial charge in [-0.1, -0.05) is 6.07 Å². The van der Waals surface area contributed by atoms with Gasteiger partial charge >= 0.3 is 6.18 Å². The minimum absolute atomic E-state index is 0.0474. The van der Waals surface area contributed by atoms with Gasteiger partial charge in [0.1, 0.15) is 17.6 Å². The van der Waals surface area contributed by atoms with Gasteiger partial charge in [0, 0.05) is 29.7 Å². The summed E-state index contributed by atoms with van der Waals surface area (Å²) < 4.78 is 49.8. The van der Waals surface area contributed by atoms with Crippen LogP contribution in [0.15, 0.2) is 36.4 Å². The van der Waals surface area contributed by atoms with Crippen molar-refractivity contribution in [3.8, 4) is 11.5 Å². The molecule has 2 aromatic rings. The van der Waals surface area contributed by atoms with E-state index in [1.807, 2.05) is 26.0 Å². The lowest BCUT2D eigenvalue weighted by Crippen LogP contribution is -2.23. The van der Waals surface area contributed by atoms with Crippen molar-refractivity contribution in [2.75, 3.05) is 6.61 Å².